The third kappa shape index (κ3) is 3.51. The molecule has 1 atom stereocenters. The fourth-order valence-electron chi connectivity index (χ4n) is 3.57. The highest BCUT2D eigenvalue weighted by atomic mass is 16.5. The van der Waals surface area contributed by atoms with E-state index in [-0.39, 0.29) is 12.5 Å². The minimum atomic E-state index is -1.26. The van der Waals surface area contributed by atoms with E-state index in [4.69, 9.17) is 9.84 Å². The Morgan fingerprint density at radius 3 is 2.36 bits per heavy atom. The number of nitrogens with zero attached hydrogens (tertiary/aromatic N) is 2. The molecule has 2 heterocycles. The van der Waals surface area contributed by atoms with Crippen LogP contribution in [0, 0.1) is 5.92 Å². The number of carbonyl (C=O) groups is 4. The Hall–Kier alpha value is -3.10. The van der Waals surface area contributed by atoms with Gasteiger partial charge in [0.05, 0.1) is 13.0 Å². The second-order valence-corrected chi connectivity index (χ2v) is 7.17. The Labute approximate surface area is 162 Å². The number of urea groups is 1. The van der Waals surface area contributed by atoms with E-state index in [1.807, 2.05) is 0 Å². The second-order valence-electron chi connectivity index (χ2n) is 7.17. The zero-order valence-corrected chi connectivity index (χ0v) is 15.8. The molecule has 2 aliphatic rings. The third-order valence-corrected chi connectivity index (χ3v) is 5.43. The lowest BCUT2D eigenvalue weighted by atomic mass is 9.92. The number of carboxylic acids is 1. The van der Waals surface area contributed by atoms with Gasteiger partial charge in [-0.15, -0.1) is 0 Å². The van der Waals surface area contributed by atoms with Crippen molar-refractivity contribution in [2.45, 2.75) is 25.3 Å². The summed E-state index contributed by atoms with van der Waals surface area (Å²) in [7, 11) is 1.53. The monoisotopic (exact) mass is 389 g/mol. The Morgan fingerprint density at radius 1 is 1.21 bits per heavy atom. The molecule has 0 radical (unpaired) electrons. The first kappa shape index (κ1) is 19.7. The number of rotatable bonds is 5. The standard InChI is InChI=1S/C19H23N3O6/c1-19(13-3-5-14(28-2)6-4-13)17(26)22(18(27)20-19)11-15(23)21-9-7-12(8-10-21)16(24)25/h3-6,12H,7-11H2,1-2H3,(H,20,27)(H,24,25). The second kappa shape index (κ2) is 7.49. The maximum Gasteiger partial charge on any atom is 0.325 e. The number of nitrogens with one attached hydrogen (secondary N) is 1. The molecule has 2 saturated heterocycles. The highest BCUT2D eigenvalue weighted by Gasteiger charge is 2.49. The summed E-state index contributed by atoms with van der Waals surface area (Å²) in [5.74, 6) is -1.57. The molecule has 0 aromatic heterocycles. The van der Waals surface area contributed by atoms with Gasteiger partial charge in [-0.3, -0.25) is 19.3 Å². The predicted octanol–water partition coefficient (Wildman–Crippen LogP) is 0.785. The number of imide groups is 1. The molecule has 9 heteroatoms. The van der Waals surface area contributed by atoms with Crippen LogP contribution in [0.4, 0.5) is 4.79 Å². The lowest BCUT2D eigenvalue weighted by Crippen LogP contribution is -2.47. The fourth-order valence-corrected chi connectivity index (χ4v) is 3.57. The van der Waals surface area contributed by atoms with Crippen molar-refractivity contribution in [2.75, 3.05) is 26.7 Å². The zero-order valence-electron chi connectivity index (χ0n) is 15.8. The van der Waals surface area contributed by atoms with Crippen LogP contribution >= 0.6 is 0 Å². The fraction of sp³-hybridized carbons (Fsp3) is 0.474. The van der Waals surface area contributed by atoms with Crippen molar-refractivity contribution in [3.05, 3.63) is 29.8 Å². The maximum atomic E-state index is 12.9. The van der Waals surface area contributed by atoms with Gasteiger partial charge in [-0.05, 0) is 37.5 Å². The number of hydrogen-bond donors (Lipinski definition) is 2. The van der Waals surface area contributed by atoms with Gasteiger partial charge in [0.15, 0.2) is 0 Å². The molecular weight excluding hydrogens is 366 g/mol. The summed E-state index contributed by atoms with van der Waals surface area (Å²) in [5.41, 5.74) is -0.677. The van der Waals surface area contributed by atoms with Crippen LogP contribution in [0.15, 0.2) is 24.3 Å². The summed E-state index contributed by atoms with van der Waals surface area (Å²) in [6, 6.07) is 6.15. The molecule has 3 rings (SSSR count). The van der Waals surface area contributed by atoms with E-state index in [1.54, 1.807) is 31.2 Å². The number of methoxy groups -OCH3 is 1. The molecule has 0 spiro atoms. The molecule has 1 aromatic carbocycles. The van der Waals surface area contributed by atoms with Gasteiger partial charge in [0.25, 0.3) is 5.91 Å². The third-order valence-electron chi connectivity index (χ3n) is 5.43. The van der Waals surface area contributed by atoms with Crippen molar-refractivity contribution >= 4 is 23.8 Å². The van der Waals surface area contributed by atoms with E-state index in [1.165, 1.54) is 12.0 Å². The Balaban J connectivity index is 1.68. The molecule has 0 bridgehead atoms. The topological polar surface area (TPSA) is 116 Å². The highest BCUT2D eigenvalue weighted by Crippen LogP contribution is 2.30. The van der Waals surface area contributed by atoms with Crippen molar-refractivity contribution < 1.29 is 29.0 Å². The van der Waals surface area contributed by atoms with Crippen LogP contribution < -0.4 is 10.1 Å². The normalized spacial score (nSPS) is 22.9. The van der Waals surface area contributed by atoms with E-state index < -0.39 is 29.4 Å². The van der Waals surface area contributed by atoms with Crippen LogP contribution in [0.25, 0.3) is 0 Å². The van der Waals surface area contributed by atoms with Crippen LogP contribution in [-0.4, -0.2) is 65.5 Å². The minimum Gasteiger partial charge on any atom is -0.497 e. The number of benzene rings is 1. The van der Waals surface area contributed by atoms with Gasteiger partial charge in [0.2, 0.25) is 5.91 Å². The van der Waals surface area contributed by atoms with Crippen molar-refractivity contribution in [1.82, 2.24) is 15.1 Å². The number of hydrogen-bond acceptors (Lipinski definition) is 5. The van der Waals surface area contributed by atoms with E-state index in [0.29, 0.717) is 37.2 Å². The number of carboxylic acid groups (broad SMARTS) is 1. The zero-order chi connectivity index (χ0) is 20.5. The van der Waals surface area contributed by atoms with Crippen molar-refractivity contribution in [3.8, 4) is 5.75 Å². The lowest BCUT2D eigenvalue weighted by molar-refractivity contribution is -0.146. The quantitative estimate of drug-likeness (QED) is 0.719. The molecule has 150 valence electrons. The van der Waals surface area contributed by atoms with Crippen LogP contribution in [0.5, 0.6) is 5.75 Å². The lowest BCUT2D eigenvalue weighted by Gasteiger charge is -2.31. The number of aliphatic carboxylic acids is 1. The molecular formula is C19H23N3O6. The summed E-state index contributed by atoms with van der Waals surface area (Å²) in [4.78, 5) is 51.3. The van der Waals surface area contributed by atoms with Crippen molar-refractivity contribution in [2.24, 2.45) is 5.92 Å². The summed E-state index contributed by atoms with van der Waals surface area (Å²) >= 11 is 0. The highest BCUT2D eigenvalue weighted by molar-refractivity contribution is 6.09. The van der Waals surface area contributed by atoms with Crippen LogP contribution in [-0.2, 0) is 19.9 Å². The Kier molecular flexibility index (Phi) is 5.26. The van der Waals surface area contributed by atoms with Crippen molar-refractivity contribution in [3.63, 3.8) is 0 Å². The van der Waals surface area contributed by atoms with Gasteiger partial charge in [0.1, 0.15) is 17.8 Å². The summed E-state index contributed by atoms with van der Waals surface area (Å²) in [6.45, 7) is 1.83. The predicted molar refractivity (Wildman–Crippen MR) is 97.5 cm³/mol. The Morgan fingerprint density at radius 2 is 1.82 bits per heavy atom. The van der Waals surface area contributed by atoms with Gasteiger partial charge >= 0.3 is 12.0 Å². The summed E-state index contributed by atoms with van der Waals surface area (Å²) in [5, 5.41) is 11.7. The van der Waals surface area contributed by atoms with Gasteiger partial charge in [-0.1, -0.05) is 12.1 Å². The first-order valence-corrected chi connectivity index (χ1v) is 9.05. The smallest absolute Gasteiger partial charge is 0.325 e. The average Bonchev–Trinajstić information content (AvgIpc) is 2.92. The maximum absolute atomic E-state index is 12.9. The SMILES string of the molecule is COc1ccc(C2(C)NC(=O)N(CC(=O)N3CCC(C(=O)O)CC3)C2=O)cc1. The molecule has 9 nitrogen and oxygen atoms in total. The van der Waals surface area contributed by atoms with Gasteiger partial charge in [-0.25, -0.2) is 4.79 Å². The average molecular weight is 389 g/mol. The summed E-state index contributed by atoms with van der Waals surface area (Å²) < 4.78 is 5.11. The number of likely N-dealkylation sites (tertiary alicyclic amines) is 1. The van der Waals surface area contributed by atoms with Crippen molar-refractivity contribution in [1.29, 1.82) is 0 Å². The number of piperidine rings is 1. The molecule has 0 aliphatic carbocycles. The van der Waals surface area contributed by atoms with Crippen LogP contribution in [0.2, 0.25) is 0 Å². The van der Waals surface area contributed by atoms with E-state index >= 15 is 0 Å². The number of ether oxygens (including phenoxy) is 1. The first-order valence-electron chi connectivity index (χ1n) is 9.05. The van der Waals surface area contributed by atoms with E-state index in [2.05, 4.69) is 5.32 Å². The molecule has 2 fully saturated rings. The minimum absolute atomic E-state index is 0.301. The summed E-state index contributed by atoms with van der Waals surface area (Å²) in [6.07, 6.45) is 0.732. The largest absolute Gasteiger partial charge is 0.497 e. The molecule has 0 saturated carbocycles. The van der Waals surface area contributed by atoms with E-state index in [9.17, 15) is 19.2 Å². The Bertz CT molecular complexity index is 800. The molecule has 2 N–H and O–H groups in total. The van der Waals surface area contributed by atoms with Crippen LogP contribution in [0.1, 0.15) is 25.3 Å². The van der Waals surface area contributed by atoms with Gasteiger partial charge in [-0.2, -0.15) is 0 Å². The molecule has 28 heavy (non-hydrogen) atoms. The molecule has 4 amide bonds. The molecule has 1 unspecified atom stereocenters. The molecule has 2 aliphatic heterocycles. The van der Waals surface area contributed by atoms with E-state index in [0.717, 1.165) is 4.90 Å². The van der Waals surface area contributed by atoms with Gasteiger partial charge in [0, 0.05) is 13.1 Å². The molecule has 1 aromatic rings. The van der Waals surface area contributed by atoms with Crippen LogP contribution in [0.3, 0.4) is 0 Å². The first-order chi connectivity index (χ1) is 13.3. The number of carbonyl (C=O) groups excluding carboxylic acids is 3. The number of amides is 4. The van der Waals surface area contributed by atoms with Gasteiger partial charge < -0.3 is 20.1 Å².